The molecule has 0 bridgehead atoms. The highest BCUT2D eigenvalue weighted by atomic mass is 16.5. The molecule has 2 heterocycles. The van der Waals surface area contributed by atoms with Crippen LogP contribution >= 0.6 is 0 Å². The van der Waals surface area contributed by atoms with Crippen molar-refractivity contribution in [3.05, 3.63) is 17.2 Å². The van der Waals surface area contributed by atoms with Gasteiger partial charge in [0.2, 0.25) is 0 Å². The number of fused-ring (bicyclic) bond motifs is 1. The molecule has 1 aromatic rings. The molecule has 88 valence electrons. The lowest BCUT2D eigenvalue weighted by Gasteiger charge is -2.15. The number of ether oxygens (including phenoxy) is 1. The molecule has 4 nitrogen and oxygen atoms in total. The number of aromatic nitrogens is 2. The molecule has 1 aromatic heterocycles. The highest BCUT2D eigenvalue weighted by molar-refractivity contribution is 5.22. The zero-order chi connectivity index (χ0) is 11.1. The van der Waals surface area contributed by atoms with Crippen LogP contribution in [-0.2, 0) is 11.2 Å². The number of H-pyrrole nitrogens is 1. The first-order valence-corrected chi connectivity index (χ1v) is 6.23. The zero-order valence-electron chi connectivity index (χ0n) is 9.70. The van der Waals surface area contributed by atoms with Crippen molar-refractivity contribution < 1.29 is 4.74 Å². The number of aryl methyl sites for hydroxylation is 1. The third-order valence-electron chi connectivity index (χ3n) is 3.66. The number of imidazole rings is 1. The van der Waals surface area contributed by atoms with E-state index in [1.54, 1.807) is 0 Å². The third kappa shape index (κ3) is 1.66. The maximum absolute atomic E-state index is 6.06. The minimum Gasteiger partial charge on any atom is -0.367 e. The Hall–Kier alpha value is -0.870. The number of hydrogen-bond donors (Lipinski definition) is 2. The molecule has 16 heavy (non-hydrogen) atoms. The van der Waals surface area contributed by atoms with Gasteiger partial charge in [-0.25, -0.2) is 4.98 Å². The van der Waals surface area contributed by atoms with E-state index in [-0.39, 0.29) is 12.1 Å². The average molecular weight is 221 g/mol. The van der Waals surface area contributed by atoms with Crippen LogP contribution in [0.25, 0.3) is 0 Å². The van der Waals surface area contributed by atoms with Gasteiger partial charge in [-0.15, -0.1) is 0 Å². The van der Waals surface area contributed by atoms with E-state index in [2.05, 4.69) is 16.9 Å². The Bertz CT molecular complexity index is 388. The second-order valence-electron chi connectivity index (χ2n) is 5.00. The lowest BCUT2D eigenvalue weighted by atomic mass is 9.97. The molecule has 3 unspecified atom stereocenters. The van der Waals surface area contributed by atoms with E-state index in [9.17, 15) is 0 Å². The van der Waals surface area contributed by atoms with Crippen molar-refractivity contribution in [2.75, 3.05) is 0 Å². The van der Waals surface area contributed by atoms with E-state index in [0.29, 0.717) is 6.10 Å². The van der Waals surface area contributed by atoms with Gasteiger partial charge in [0.25, 0.3) is 0 Å². The van der Waals surface area contributed by atoms with Crippen LogP contribution < -0.4 is 5.73 Å². The first-order chi connectivity index (χ1) is 7.74. The summed E-state index contributed by atoms with van der Waals surface area (Å²) in [6.45, 7) is 2.12. The fraction of sp³-hybridized carbons (Fsp3) is 0.750. The van der Waals surface area contributed by atoms with E-state index in [4.69, 9.17) is 10.5 Å². The first kappa shape index (κ1) is 10.3. The molecule has 1 saturated heterocycles. The smallest absolute Gasteiger partial charge is 0.135 e. The summed E-state index contributed by atoms with van der Waals surface area (Å²) >= 11 is 0. The second-order valence-corrected chi connectivity index (χ2v) is 5.00. The second kappa shape index (κ2) is 3.86. The molecule has 2 aliphatic rings. The van der Waals surface area contributed by atoms with Crippen LogP contribution in [0.2, 0.25) is 0 Å². The molecule has 1 aliphatic carbocycles. The minimum atomic E-state index is 0.118. The van der Waals surface area contributed by atoms with Crippen LogP contribution in [0.15, 0.2) is 0 Å². The molecular weight excluding hydrogens is 202 g/mol. The molecule has 1 aliphatic heterocycles. The Labute approximate surface area is 95.6 Å². The topological polar surface area (TPSA) is 63.9 Å². The zero-order valence-corrected chi connectivity index (χ0v) is 9.70. The molecule has 0 saturated carbocycles. The Morgan fingerprint density at radius 3 is 2.94 bits per heavy atom. The van der Waals surface area contributed by atoms with Gasteiger partial charge < -0.3 is 15.5 Å². The van der Waals surface area contributed by atoms with E-state index in [1.807, 2.05) is 0 Å². The summed E-state index contributed by atoms with van der Waals surface area (Å²) < 4.78 is 5.83. The largest absolute Gasteiger partial charge is 0.367 e. The maximum Gasteiger partial charge on any atom is 0.135 e. The lowest BCUT2D eigenvalue weighted by Crippen LogP contribution is -2.17. The summed E-state index contributed by atoms with van der Waals surface area (Å²) in [6, 6.07) is 0.118. The van der Waals surface area contributed by atoms with Crippen molar-refractivity contribution in [3.63, 3.8) is 0 Å². The van der Waals surface area contributed by atoms with Gasteiger partial charge in [0.15, 0.2) is 0 Å². The van der Waals surface area contributed by atoms with Crippen LogP contribution in [0, 0.1) is 0 Å². The molecule has 0 radical (unpaired) electrons. The van der Waals surface area contributed by atoms with Gasteiger partial charge in [-0.2, -0.15) is 0 Å². The van der Waals surface area contributed by atoms with Gasteiger partial charge in [0, 0.05) is 11.7 Å². The van der Waals surface area contributed by atoms with Crippen LogP contribution in [-0.4, -0.2) is 16.1 Å². The predicted molar refractivity (Wildman–Crippen MR) is 61.0 cm³/mol. The number of nitrogens with zero attached hydrogens (tertiary/aromatic N) is 1. The first-order valence-electron chi connectivity index (χ1n) is 6.23. The van der Waals surface area contributed by atoms with Crippen LogP contribution in [0.4, 0.5) is 0 Å². The molecule has 0 aromatic carbocycles. The van der Waals surface area contributed by atoms with Gasteiger partial charge in [-0.1, -0.05) is 0 Å². The SMILES string of the molecule is CC1CCC(c2nc3c([nH]2)CCCC3N)O1. The number of nitrogens with one attached hydrogen (secondary N) is 1. The van der Waals surface area contributed by atoms with Crippen molar-refractivity contribution in [3.8, 4) is 0 Å². The van der Waals surface area contributed by atoms with Crippen molar-refractivity contribution in [1.82, 2.24) is 9.97 Å². The van der Waals surface area contributed by atoms with Crippen LogP contribution in [0.5, 0.6) is 0 Å². The van der Waals surface area contributed by atoms with Gasteiger partial charge >= 0.3 is 0 Å². The fourth-order valence-corrected chi connectivity index (χ4v) is 2.73. The van der Waals surface area contributed by atoms with Gasteiger partial charge in [0.05, 0.1) is 11.8 Å². The molecule has 1 fully saturated rings. The molecule has 0 amide bonds. The number of rotatable bonds is 1. The molecule has 3 rings (SSSR count). The lowest BCUT2D eigenvalue weighted by molar-refractivity contribution is 0.0507. The Morgan fingerprint density at radius 2 is 2.25 bits per heavy atom. The van der Waals surface area contributed by atoms with Crippen molar-refractivity contribution >= 4 is 0 Å². The van der Waals surface area contributed by atoms with E-state index in [0.717, 1.165) is 43.6 Å². The summed E-state index contributed by atoms with van der Waals surface area (Å²) in [6.07, 6.45) is 6.02. The highest BCUT2D eigenvalue weighted by Gasteiger charge is 2.29. The summed E-state index contributed by atoms with van der Waals surface area (Å²) in [5, 5.41) is 0. The summed E-state index contributed by atoms with van der Waals surface area (Å²) in [4.78, 5) is 8.05. The highest BCUT2D eigenvalue weighted by Crippen LogP contribution is 2.34. The average Bonchev–Trinajstić information content (AvgIpc) is 2.84. The van der Waals surface area contributed by atoms with E-state index < -0.39 is 0 Å². The number of aromatic amines is 1. The molecular formula is C12H19N3O. The van der Waals surface area contributed by atoms with Crippen molar-refractivity contribution in [2.45, 2.75) is 57.3 Å². The normalized spacial score (nSPS) is 34.0. The van der Waals surface area contributed by atoms with Crippen LogP contribution in [0.3, 0.4) is 0 Å². The molecule has 0 spiro atoms. The van der Waals surface area contributed by atoms with Crippen molar-refractivity contribution in [2.24, 2.45) is 5.73 Å². The molecule has 4 heteroatoms. The van der Waals surface area contributed by atoms with E-state index >= 15 is 0 Å². The molecule has 3 atom stereocenters. The Kier molecular flexibility index (Phi) is 2.48. The monoisotopic (exact) mass is 221 g/mol. The molecule has 3 N–H and O–H groups in total. The van der Waals surface area contributed by atoms with Gasteiger partial charge in [-0.3, -0.25) is 0 Å². The van der Waals surface area contributed by atoms with Crippen molar-refractivity contribution in [1.29, 1.82) is 0 Å². The number of nitrogens with two attached hydrogens (primary N) is 1. The van der Waals surface area contributed by atoms with Gasteiger partial charge in [0.1, 0.15) is 11.9 Å². The summed E-state index contributed by atoms with van der Waals surface area (Å²) in [5.41, 5.74) is 8.37. The third-order valence-corrected chi connectivity index (χ3v) is 3.66. The van der Waals surface area contributed by atoms with Crippen LogP contribution in [0.1, 0.15) is 62.0 Å². The minimum absolute atomic E-state index is 0.118. The van der Waals surface area contributed by atoms with E-state index in [1.165, 1.54) is 5.69 Å². The van der Waals surface area contributed by atoms with Gasteiger partial charge in [-0.05, 0) is 39.0 Å². The fourth-order valence-electron chi connectivity index (χ4n) is 2.73. The maximum atomic E-state index is 6.06. The summed E-state index contributed by atoms with van der Waals surface area (Å²) in [5.74, 6) is 0.992. The summed E-state index contributed by atoms with van der Waals surface area (Å²) in [7, 11) is 0. The predicted octanol–water partition coefficient (Wildman–Crippen LogP) is 1.99. The standard InChI is InChI=1S/C12H19N3O/c1-7-5-6-10(16-7)12-14-9-4-2-3-8(13)11(9)15-12/h7-8,10H,2-6,13H2,1H3,(H,14,15). The quantitative estimate of drug-likeness (QED) is 0.762. The number of hydrogen-bond acceptors (Lipinski definition) is 3. The Balaban J connectivity index is 1.86. The Morgan fingerprint density at radius 1 is 1.38 bits per heavy atom.